The Morgan fingerprint density at radius 1 is 0.864 bits per heavy atom. The lowest BCUT2D eigenvalue weighted by atomic mass is 9.79. The van der Waals surface area contributed by atoms with Gasteiger partial charge in [0.05, 0.1) is 25.0 Å². The molecule has 0 aromatic heterocycles. The molecule has 0 saturated heterocycles. The van der Waals surface area contributed by atoms with E-state index in [2.05, 4.69) is 13.2 Å². The predicted molar refractivity (Wildman–Crippen MR) is 86.2 cm³/mol. The number of carbonyl (C=O) groups excluding carboxylic acids is 2. The highest BCUT2D eigenvalue weighted by molar-refractivity contribution is 5.82. The molecule has 1 saturated carbocycles. The van der Waals surface area contributed by atoms with Crippen LogP contribution in [-0.2, 0) is 19.1 Å². The highest BCUT2D eigenvalue weighted by Gasteiger charge is 2.37. The number of rotatable bonds is 8. The molecular weight excluding hydrogens is 280 g/mol. The number of ether oxygens (including phenoxy) is 2. The van der Waals surface area contributed by atoms with Gasteiger partial charge in [-0.3, -0.25) is 9.59 Å². The van der Waals surface area contributed by atoms with Crippen LogP contribution in [0.25, 0.3) is 0 Å². The van der Waals surface area contributed by atoms with Gasteiger partial charge in [0, 0.05) is 12.8 Å². The van der Waals surface area contributed by atoms with Crippen LogP contribution in [0.3, 0.4) is 0 Å². The summed E-state index contributed by atoms with van der Waals surface area (Å²) in [6, 6.07) is 0. The summed E-state index contributed by atoms with van der Waals surface area (Å²) in [5.41, 5.74) is 1.96. The van der Waals surface area contributed by atoms with Crippen molar-refractivity contribution >= 4 is 11.9 Å². The lowest BCUT2D eigenvalue weighted by molar-refractivity contribution is -0.162. The van der Waals surface area contributed by atoms with Crippen molar-refractivity contribution in [3.8, 4) is 0 Å². The minimum absolute atomic E-state index is 0.275. The molecule has 2 unspecified atom stereocenters. The highest BCUT2D eigenvalue weighted by Crippen LogP contribution is 2.32. The molecule has 2 atom stereocenters. The van der Waals surface area contributed by atoms with E-state index in [1.165, 1.54) is 0 Å². The third-order valence-corrected chi connectivity index (χ3v) is 3.92. The second-order valence-electron chi connectivity index (χ2n) is 6.25. The minimum atomic E-state index is -0.365. The first-order valence-electron chi connectivity index (χ1n) is 8.04. The Morgan fingerprint density at radius 2 is 1.23 bits per heavy atom. The summed E-state index contributed by atoms with van der Waals surface area (Å²) in [4.78, 5) is 24.4. The molecule has 1 rings (SSSR count). The molecule has 124 valence electrons. The Morgan fingerprint density at radius 3 is 1.55 bits per heavy atom. The predicted octanol–water partition coefficient (Wildman–Crippen LogP) is 3.81. The Balaban J connectivity index is 2.50. The summed E-state index contributed by atoms with van der Waals surface area (Å²) in [6.45, 7) is 12.0. The summed E-state index contributed by atoms with van der Waals surface area (Å²) in [6.07, 6.45) is 4.63. The zero-order valence-corrected chi connectivity index (χ0v) is 13.9. The minimum Gasteiger partial charge on any atom is -0.465 e. The van der Waals surface area contributed by atoms with Crippen LogP contribution in [0.1, 0.15) is 52.4 Å². The molecule has 0 aliphatic heterocycles. The van der Waals surface area contributed by atoms with Crippen molar-refractivity contribution in [1.82, 2.24) is 0 Å². The van der Waals surface area contributed by atoms with Crippen molar-refractivity contribution in [3.63, 3.8) is 0 Å². The fraction of sp³-hybridized carbons (Fsp3) is 0.667. The first-order valence-corrected chi connectivity index (χ1v) is 8.04. The molecule has 0 radical (unpaired) electrons. The van der Waals surface area contributed by atoms with E-state index in [4.69, 9.17) is 9.47 Å². The largest absolute Gasteiger partial charge is 0.465 e. The van der Waals surface area contributed by atoms with E-state index in [1.807, 2.05) is 13.8 Å². The monoisotopic (exact) mass is 308 g/mol. The Hall–Kier alpha value is -1.58. The summed E-state index contributed by atoms with van der Waals surface area (Å²) >= 11 is 0. The zero-order chi connectivity index (χ0) is 16.5. The van der Waals surface area contributed by atoms with Crippen LogP contribution < -0.4 is 0 Å². The van der Waals surface area contributed by atoms with Crippen LogP contribution in [0.15, 0.2) is 24.3 Å². The van der Waals surface area contributed by atoms with Gasteiger partial charge in [0.1, 0.15) is 0 Å². The third kappa shape index (κ3) is 6.46. The molecule has 0 amide bonds. The van der Waals surface area contributed by atoms with E-state index < -0.39 is 0 Å². The van der Waals surface area contributed by atoms with E-state index in [0.29, 0.717) is 38.9 Å². The Bertz CT molecular complexity index is 385. The van der Waals surface area contributed by atoms with E-state index in [0.717, 1.165) is 24.0 Å². The fourth-order valence-electron chi connectivity index (χ4n) is 2.56. The van der Waals surface area contributed by atoms with Crippen molar-refractivity contribution in [2.75, 3.05) is 13.2 Å². The molecule has 0 N–H and O–H groups in total. The number of esters is 2. The quantitative estimate of drug-likeness (QED) is 0.505. The van der Waals surface area contributed by atoms with Gasteiger partial charge in [-0.15, -0.1) is 13.2 Å². The average Bonchev–Trinajstić information content (AvgIpc) is 2.46. The third-order valence-electron chi connectivity index (χ3n) is 3.92. The van der Waals surface area contributed by atoms with Gasteiger partial charge in [0.2, 0.25) is 0 Å². The van der Waals surface area contributed by atoms with Crippen molar-refractivity contribution in [1.29, 1.82) is 0 Å². The second kappa shape index (κ2) is 9.44. The standard InChI is InChI=1S/C18H28O4/c1-13(2)9-11-21-17(19)15-7-5-6-8-16(15)18(20)22-12-10-14(3)4/h15-16H,1,3,5-12H2,2,4H3. The van der Waals surface area contributed by atoms with E-state index in [-0.39, 0.29) is 23.8 Å². The zero-order valence-electron chi connectivity index (χ0n) is 13.9. The van der Waals surface area contributed by atoms with Gasteiger partial charge in [-0.05, 0) is 26.7 Å². The van der Waals surface area contributed by atoms with Crippen LogP contribution in [0.4, 0.5) is 0 Å². The van der Waals surface area contributed by atoms with Crippen LogP contribution in [0, 0.1) is 11.8 Å². The molecular formula is C18H28O4. The summed E-state index contributed by atoms with van der Waals surface area (Å²) < 4.78 is 10.6. The molecule has 0 aromatic carbocycles. The van der Waals surface area contributed by atoms with E-state index in [1.54, 1.807) is 0 Å². The smallest absolute Gasteiger partial charge is 0.309 e. The molecule has 4 nitrogen and oxygen atoms in total. The first-order chi connectivity index (χ1) is 10.4. The van der Waals surface area contributed by atoms with Crippen molar-refractivity contribution < 1.29 is 19.1 Å². The second-order valence-corrected chi connectivity index (χ2v) is 6.25. The molecule has 4 heteroatoms. The van der Waals surface area contributed by atoms with Gasteiger partial charge in [-0.25, -0.2) is 0 Å². The van der Waals surface area contributed by atoms with Gasteiger partial charge in [0.25, 0.3) is 0 Å². The van der Waals surface area contributed by atoms with Crippen molar-refractivity contribution in [3.05, 3.63) is 24.3 Å². The van der Waals surface area contributed by atoms with Crippen LogP contribution >= 0.6 is 0 Å². The van der Waals surface area contributed by atoms with Crippen LogP contribution in [0.5, 0.6) is 0 Å². The van der Waals surface area contributed by atoms with Gasteiger partial charge in [-0.2, -0.15) is 0 Å². The average molecular weight is 308 g/mol. The lowest BCUT2D eigenvalue weighted by Gasteiger charge is -2.28. The molecule has 1 aliphatic carbocycles. The molecule has 0 spiro atoms. The molecule has 22 heavy (non-hydrogen) atoms. The molecule has 1 fully saturated rings. The van der Waals surface area contributed by atoms with Gasteiger partial charge >= 0.3 is 11.9 Å². The summed E-state index contributed by atoms with van der Waals surface area (Å²) in [5.74, 6) is -1.28. The molecule has 0 heterocycles. The van der Waals surface area contributed by atoms with Crippen LogP contribution in [-0.4, -0.2) is 25.2 Å². The maximum Gasteiger partial charge on any atom is 0.309 e. The molecule has 1 aliphatic rings. The molecule has 0 bridgehead atoms. The van der Waals surface area contributed by atoms with Crippen LogP contribution in [0.2, 0.25) is 0 Å². The Labute approximate surface area is 133 Å². The lowest BCUT2D eigenvalue weighted by Crippen LogP contribution is -2.35. The van der Waals surface area contributed by atoms with Crippen molar-refractivity contribution in [2.24, 2.45) is 11.8 Å². The summed E-state index contributed by atoms with van der Waals surface area (Å²) in [5, 5.41) is 0. The van der Waals surface area contributed by atoms with Gasteiger partial charge in [0.15, 0.2) is 0 Å². The normalized spacial score (nSPS) is 21.0. The summed E-state index contributed by atoms with van der Waals surface area (Å²) in [7, 11) is 0. The maximum atomic E-state index is 12.2. The Kier molecular flexibility index (Phi) is 7.92. The van der Waals surface area contributed by atoms with Gasteiger partial charge in [-0.1, -0.05) is 24.0 Å². The van der Waals surface area contributed by atoms with E-state index in [9.17, 15) is 9.59 Å². The fourth-order valence-corrected chi connectivity index (χ4v) is 2.56. The topological polar surface area (TPSA) is 52.6 Å². The first kappa shape index (κ1) is 18.5. The van der Waals surface area contributed by atoms with E-state index >= 15 is 0 Å². The van der Waals surface area contributed by atoms with Gasteiger partial charge < -0.3 is 9.47 Å². The number of carbonyl (C=O) groups is 2. The highest BCUT2D eigenvalue weighted by atomic mass is 16.5. The molecule has 0 aromatic rings. The number of hydrogen-bond donors (Lipinski definition) is 0. The van der Waals surface area contributed by atoms with Crippen molar-refractivity contribution in [2.45, 2.75) is 52.4 Å². The SMILES string of the molecule is C=C(C)CCOC(=O)C1CCCCC1C(=O)OCCC(=C)C. The maximum absolute atomic E-state index is 12.2. The number of hydrogen-bond acceptors (Lipinski definition) is 4.